The van der Waals surface area contributed by atoms with Gasteiger partial charge in [0.2, 0.25) is 5.13 Å². The van der Waals surface area contributed by atoms with E-state index < -0.39 is 0 Å². The second-order valence-corrected chi connectivity index (χ2v) is 6.37. The molecule has 2 aromatic heterocycles. The molecule has 0 spiro atoms. The molecule has 0 aliphatic heterocycles. The quantitative estimate of drug-likeness (QED) is 0.803. The Hall–Kier alpha value is -1.95. The van der Waals surface area contributed by atoms with Gasteiger partial charge in [-0.25, -0.2) is 9.97 Å². The Bertz CT molecular complexity index is 800. The lowest BCUT2D eigenvalue weighted by atomic mass is 10.2. The molecule has 3 aromatic rings. The van der Waals surface area contributed by atoms with Crippen molar-refractivity contribution < 1.29 is 0 Å². The predicted octanol–water partition coefficient (Wildman–Crippen LogP) is 3.22. The fourth-order valence-electron chi connectivity index (χ4n) is 2.64. The van der Waals surface area contributed by atoms with Crippen LogP contribution in [0.25, 0.3) is 11.0 Å². The minimum atomic E-state index is 0.607. The zero-order valence-electron chi connectivity index (χ0n) is 12.1. The first-order valence-electron chi connectivity index (χ1n) is 7.21. The van der Waals surface area contributed by atoms with Gasteiger partial charge in [-0.15, -0.1) is 0 Å². The van der Waals surface area contributed by atoms with Gasteiger partial charge in [0.1, 0.15) is 11.6 Å². The highest BCUT2D eigenvalue weighted by Gasteiger charge is 2.27. The van der Waals surface area contributed by atoms with Gasteiger partial charge in [0.15, 0.2) is 0 Å². The molecule has 108 valence electrons. The molecule has 0 saturated heterocycles. The van der Waals surface area contributed by atoms with Crippen molar-refractivity contribution in [2.75, 3.05) is 5.32 Å². The number of aryl methyl sites for hydroxylation is 2. The number of imidazole rings is 1. The van der Waals surface area contributed by atoms with Crippen molar-refractivity contribution in [1.82, 2.24) is 18.9 Å². The molecule has 2 heterocycles. The summed E-state index contributed by atoms with van der Waals surface area (Å²) in [4.78, 5) is 9.25. The summed E-state index contributed by atoms with van der Waals surface area (Å²) in [6.45, 7) is 2.79. The van der Waals surface area contributed by atoms with Crippen LogP contribution < -0.4 is 5.32 Å². The van der Waals surface area contributed by atoms with Gasteiger partial charge >= 0.3 is 0 Å². The Morgan fingerprint density at radius 3 is 2.95 bits per heavy atom. The normalized spacial score (nSPS) is 14.8. The summed E-state index contributed by atoms with van der Waals surface area (Å²) in [5.41, 5.74) is 3.50. The summed E-state index contributed by atoms with van der Waals surface area (Å²) in [6.07, 6.45) is 2.47. The van der Waals surface area contributed by atoms with Gasteiger partial charge in [0, 0.05) is 24.5 Å². The number of hydrogen-bond donors (Lipinski definition) is 1. The van der Waals surface area contributed by atoms with Gasteiger partial charge in [0.05, 0.1) is 17.6 Å². The summed E-state index contributed by atoms with van der Waals surface area (Å²) in [5, 5.41) is 4.24. The van der Waals surface area contributed by atoms with Crippen LogP contribution in [0.4, 0.5) is 5.13 Å². The molecule has 5 nitrogen and oxygen atoms in total. The molecule has 1 aromatic carbocycles. The topological polar surface area (TPSA) is 55.6 Å². The highest BCUT2D eigenvalue weighted by atomic mass is 32.1. The van der Waals surface area contributed by atoms with Gasteiger partial charge in [-0.1, -0.05) is 12.1 Å². The standard InChI is InChI=1S/C15H17N5S/c1-9-4-3-5-11-13(9)20(2)12(17-11)8-16-15-18-14(19-21-15)10-6-7-10/h3-5,10H,6-8H2,1-2H3,(H,16,18,19). The van der Waals surface area contributed by atoms with E-state index >= 15 is 0 Å². The fraction of sp³-hybridized carbons (Fsp3) is 0.400. The Morgan fingerprint density at radius 2 is 2.19 bits per heavy atom. The number of aromatic nitrogens is 4. The van der Waals surface area contributed by atoms with E-state index in [1.54, 1.807) is 0 Å². The minimum Gasteiger partial charge on any atom is -0.353 e. The zero-order valence-corrected chi connectivity index (χ0v) is 12.9. The van der Waals surface area contributed by atoms with E-state index in [-0.39, 0.29) is 0 Å². The molecule has 0 atom stereocenters. The van der Waals surface area contributed by atoms with Crippen molar-refractivity contribution in [3.63, 3.8) is 0 Å². The molecule has 21 heavy (non-hydrogen) atoms. The third-order valence-corrected chi connectivity index (χ3v) is 4.66. The maximum atomic E-state index is 4.70. The molecule has 1 aliphatic rings. The smallest absolute Gasteiger partial charge is 0.202 e. The number of anilines is 1. The third-order valence-electron chi connectivity index (χ3n) is 3.97. The largest absolute Gasteiger partial charge is 0.353 e. The van der Waals surface area contributed by atoms with Crippen LogP contribution in [0.15, 0.2) is 18.2 Å². The van der Waals surface area contributed by atoms with Crippen LogP contribution in [0.1, 0.15) is 36.0 Å². The van der Waals surface area contributed by atoms with Crippen LogP contribution in [0.5, 0.6) is 0 Å². The van der Waals surface area contributed by atoms with Crippen LogP contribution in [0.2, 0.25) is 0 Å². The van der Waals surface area contributed by atoms with E-state index in [2.05, 4.69) is 51.4 Å². The van der Waals surface area contributed by atoms with Gasteiger partial charge < -0.3 is 9.88 Å². The van der Waals surface area contributed by atoms with Gasteiger partial charge in [0.25, 0.3) is 0 Å². The highest BCUT2D eigenvalue weighted by molar-refractivity contribution is 7.09. The lowest BCUT2D eigenvalue weighted by Crippen LogP contribution is -2.06. The van der Waals surface area contributed by atoms with E-state index in [1.165, 1.54) is 35.5 Å². The Balaban J connectivity index is 1.56. The van der Waals surface area contributed by atoms with E-state index in [9.17, 15) is 0 Å². The van der Waals surface area contributed by atoms with Crippen molar-refractivity contribution in [1.29, 1.82) is 0 Å². The van der Waals surface area contributed by atoms with E-state index in [0.29, 0.717) is 12.5 Å². The zero-order chi connectivity index (χ0) is 14.4. The van der Waals surface area contributed by atoms with Crippen molar-refractivity contribution in [2.45, 2.75) is 32.2 Å². The second-order valence-electron chi connectivity index (χ2n) is 5.62. The SMILES string of the molecule is Cc1cccc2nc(CNc3nc(C4CC4)ns3)n(C)c12. The van der Waals surface area contributed by atoms with Gasteiger partial charge in [-0.3, -0.25) is 0 Å². The molecule has 1 saturated carbocycles. The molecule has 1 aliphatic carbocycles. The molecule has 6 heteroatoms. The van der Waals surface area contributed by atoms with E-state index in [4.69, 9.17) is 4.98 Å². The van der Waals surface area contributed by atoms with E-state index in [0.717, 1.165) is 22.3 Å². The van der Waals surface area contributed by atoms with Crippen LogP contribution in [-0.4, -0.2) is 18.9 Å². The van der Waals surface area contributed by atoms with Gasteiger partial charge in [-0.2, -0.15) is 4.37 Å². The second kappa shape index (κ2) is 4.80. The summed E-state index contributed by atoms with van der Waals surface area (Å²) >= 11 is 1.44. The minimum absolute atomic E-state index is 0.607. The average molecular weight is 299 g/mol. The number of fused-ring (bicyclic) bond motifs is 1. The number of hydrogen-bond acceptors (Lipinski definition) is 5. The van der Waals surface area contributed by atoms with Gasteiger partial charge in [-0.05, 0) is 31.4 Å². The monoisotopic (exact) mass is 299 g/mol. The highest BCUT2D eigenvalue weighted by Crippen LogP contribution is 2.39. The fourth-order valence-corrected chi connectivity index (χ4v) is 3.28. The molecular weight excluding hydrogens is 282 g/mol. The summed E-state index contributed by atoms with van der Waals surface area (Å²) in [5.74, 6) is 2.63. The Labute approximate surface area is 127 Å². The maximum absolute atomic E-state index is 4.70. The maximum Gasteiger partial charge on any atom is 0.202 e. The molecule has 0 bridgehead atoms. The summed E-state index contributed by atoms with van der Waals surface area (Å²) < 4.78 is 6.56. The number of nitrogens with one attached hydrogen (secondary N) is 1. The lowest BCUT2D eigenvalue weighted by molar-refractivity contribution is 0.831. The molecule has 1 N–H and O–H groups in total. The summed E-state index contributed by atoms with van der Waals surface area (Å²) in [6, 6.07) is 6.23. The number of nitrogens with zero attached hydrogens (tertiary/aromatic N) is 4. The summed E-state index contributed by atoms with van der Waals surface area (Å²) in [7, 11) is 2.06. The van der Waals surface area contributed by atoms with Crippen molar-refractivity contribution in [3.05, 3.63) is 35.4 Å². The van der Waals surface area contributed by atoms with Crippen LogP contribution in [-0.2, 0) is 13.6 Å². The first-order valence-corrected chi connectivity index (χ1v) is 7.98. The van der Waals surface area contributed by atoms with Crippen LogP contribution >= 0.6 is 11.5 Å². The third kappa shape index (κ3) is 2.29. The molecule has 0 unspecified atom stereocenters. The Morgan fingerprint density at radius 1 is 1.33 bits per heavy atom. The molecule has 0 radical (unpaired) electrons. The molecule has 1 fully saturated rings. The van der Waals surface area contributed by atoms with Crippen molar-refractivity contribution in [3.8, 4) is 0 Å². The van der Waals surface area contributed by atoms with Crippen molar-refractivity contribution in [2.24, 2.45) is 7.05 Å². The Kier molecular flexibility index (Phi) is 2.92. The van der Waals surface area contributed by atoms with E-state index in [1.807, 2.05) is 0 Å². The molecule has 4 rings (SSSR count). The number of para-hydroxylation sites is 1. The molecule has 0 amide bonds. The van der Waals surface area contributed by atoms with Crippen LogP contribution in [0, 0.1) is 6.92 Å². The number of rotatable bonds is 4. The first-order chi connectivity index (χ1) is 10.2. The molecular formula is C15H17N5S. The van der Waals surface area contributed by atoms with Crippen molar-refractivity contribution >= 4 is 27.7 Å². The predicted molar refractivity (Wildman–Crippen MR) is 84.7 cm³/mol. The first kappa shape index (κ1) is 12.8. The number of benzene rings is 1. The average Bonchev–Trinajstić information content (AvgIpc) is 3.12. The lowest BCUT2D eigenvalue weighted by Gasteiger charge is -2.04. The van der Waals surface area contributed by atoms with Crippen LogP contribution in [0.3, 0.4) is 0 Å².